The van der Waals surface area contributed by atoms with Crippen LogP contribution in [0.3, 0.4) is 0 Å². The maximum atomic E-state index is 15.1. The van der Waals surface area contributed by atoms with Gasteiger partial charge in [-0.15, -0.1) is 5.10 Å². The van der Waals surface area contributed by atoms with E-state index in [4.69, 9.17) is 16.3 Å². The number of benzene rings is 1. The van der Waals surface area contributed by atoms with Crippen molar-refractivity contribution in [3.8, 4) is 22.4 Å². The summed E-state index contributed by atoms with van der Waals surface area (Å²) in [6, 6.07) is 7.48. The topological polar surface area (TPSA) is 93.7 Å². The Balaban J connectivity index is 1.37. The average Bonchev–Trinajstić information content (AvgIpc) is 3.59. The highest BCUT2D eigenvalue weighted by Gasteiger charge is 2.56. The molecule has 0 unspecified atom stereocenters. The second kappa shape index (κ2) is 8.09. The number of imidazole rings is 1. The summed E-state index contributed by atoms with van der Waals surface area (Å²) < 4.78 is 38.2. The largest absolute Gasteiger partial charge is 0.393 e. The summed E-state index contributed by atoms with van der Waals surface area (Å²) in [5, 5.41) is 16.6. The highest BCUT2D eigenvalue weighted by Crippen LogP contribution is 2.47. The molecule has 1 saturated carbocycles. The van der Waals surface area contributed by atoms with Crippen molar-refractivity contribution in [1.82, 2.24) is 24.5 Å². The number of nitrogens with one attached hydrogen (secondary N) is 1. The van der Waals surface area contributed by atoms with E-state index in [1.807, 2.05) is 0 Å². The second-order valence-corrected chi connectivity index (χ2v) is 9.96. The molecule has 186 valence electrons. The van der Waals surface area contributed by atoms with Gasteiger partial charge in [0.25, 0.3) is 5.91 Å². The minimum atomic E-state index is -0.740. The number of rotatable bonds is 5. The van der Waals surface area contributed by atoms with Crippen molar-refractivity contribution in [2.75, 3.05) is 13.2 Å². The number of carbonyl (C=O) groups is 1. The van der Waals surface area contributed by atoms with E-state index < -0.39 is 22.9 Å². The predicted octanol–water partition coefficient (Wildman–Crippen LogP) is 3.75. The molecule has 4 aromatic rings. The molecule has 11 heteroatoms. The zero-order valence-corrected chi connectivity index (χ0v) is 20.0. The molecule has 1 aliphatic heterocycles. The fourth-order valence-electron chi connectivity index (χ4n) is 5.38. The molecule has 0 radical (unpaired) electrons. The Morgan fingerprint density at radius 1 is 1.28 bits per heavy atom. The first-order chi connectivity index (χ1) is 17.2. The molecule has 3 aromatic heterocycles. The van der Waals surface area contributed by atoms with Gasteiger partial charge in [-0.3, -0.25) is 13.9 Å². The summed E-state index contributed by atoms with van der Waals surface area (Å²) in [6.07, 6.45) is 5.02. The summed E-state index contributed by atoms with van der Waals surface area (Å²) >= 11 is 6.60. The molecule has 2 N–H and O–H groups in total. The molecule has 2 atom stereocenters. The van der Waals surface area contributed by atoms with E-state index in [0.29, 0.717) is 30.7 Å². The Morgan fingerprint density at radius 3 is 2.78 bits per heavy atom. The zero-order valence-electron chi connectivity index (χ0n) is 19.3. The number of amides is 1. The molecule has 4 heterocycles. The van der Waals surface area contributed by atoms with Crippen LogP contribution in [0, 0.1) is 11.8 Å². The van der Waals surface area contributed by atoms with Gasteiger partial charge in [0.15, 0.2) is 0 Å². The van der Waals surface area contributed by atoms with Crippen LogP contribution >= 0.6 is 11.6 Å². The minimum absolute atomic E-state index is 0.0393. The number of pyridine rings is 1. The number of halogens is 3. The van der Waals surface area contributed by atoms with Crippen LogP contribution in [0.1, 0.15) is 29.6 Å². The number of hydrogen-bond donors (Lipinski definition) is 2. The lowest BCUT2D eigenvalue weighted by Gasteiger charge is -2.28. The van der Waals surface area contributed by atoms with Crippen molar-refractivity contribution in [3.05, 3.63) is 65.2 Å². The van der Waals surface area contributed by atoms with E-state index in [2.05, 4.69) is 15.4 Å². The fourth-order valence-corrected chi connectivity index (χ4v) is 5.66. The van der Waals surface area contributed by atoms with Crippen molar-refractivity contribution < 1.29 is 23.4 Å². The lowest BCUT2D eigenvalue weighted by atomic mass is 9.98. The SMILES string of the molecule is Cn1cc(-c2cccc(F)c2-c2nc3cc(C(=O)N[C@@]45CC[C@@](CO)(C4)OC5)ccn3c2Cl)c(F)n1. The smallest absolute Gasteiger partial charge is 0.251 e. The summed E-state index contributed by atoms with van der Waals surface area (Å²) in [6.45, 7) is 0.273. The minimum Gasteiger partial charge on any atom is -0.393 e. The highest BCUT2D eigenvalue weighted by atomic mass is 35.5. The number of aliphatic hydroxyl groups is 1. The van der Waals surface area contributed by atoms with Gasteiger partial charge < -0.3 is 15.2 Å². The van der Waals surface area contributed by atoms with E-state index >= 15 is 4.39 Å². The normalized spacial score (nSPS) is 23.0. The van der Waals surface area contributed by atoms with Crippen LogP contribution < -0.4 is 5.32 Å². The number of ether oxygens (including phenoxy) is 1. The van der Waals surface area contributed by atoms with Crippen molar-refractivity contribution in [1.29, 1.82) is 0 Å². The first kappa shape index (κ1) is 23.1. The number of hydrogen-bond acceptors (Lipinski definition) is 5. The van der Waals surface area contributed by atoms with Crippen molar-refractivity contribution in [2.24, 2.45) is 7.05 Å². The van der Waals surface area contributed by atoms with Gasteiger partial charge in [-0.2, -0.15) is 4.39 Å². The molecule has 8 nitrogen and oxygen atoms in total. The van der Waals surface area contributed by atoms with Gasteiger partial charge >= 0.3 is 0 Å². The molecule has 2 fully saturated rings. The molecule has 36 heavy (non-hydrogen) atoms. The van der Waals surface area contributed by atoms with Crippen LogP contribution in [0.2, 0.25) is 5.15 Å². The van der Waals surface area contributed by atoms with Crippen LogP contribution in [0.5, 0.6) is 0 Å². The molecule has 1 aromatic carbocycles. The molecule has 1 amide bonds. The fraction of sp³-hybridized carbons (Fsp3) is 0.320. The number of aliphatic hydroxyl groups excluding tert-OH is 1. The first-order valence-electron chi connectivity index (χ1n) is 11.5. The predicted molar refractivity (Wildman–Crippen MR) is 128 cm³/mol. The van der Waals surface area contributed by atoms with Crippen LogP contribution in [0.4, 0.5) is 8.78 Å². The Bertz CT molecular complexity index is 1520. The second-order valence-electron chi connectivity index (χ2n) is 9.61. The lowest BCUT2D eigenvalue weighted by Crippen LogP contribution is -2.48. The van der Waals surface area contributed by atoms with E-state index in [1.165, 1.54) is 27.4 Å². The van der Waals surface area contributed by atoms with Gasteiger partial charge in [0, 0.05) is 42.6 Å². The van der Waals surface area contributed by atoms with E-state index in [-0.39, 0.29) is 40.1 Å². The Hall–Kier alpha value is -3.34. The zero-order chi connectivity index (χ0) is 25.2. The van der Waals surface area contributed by atoms with Gasteiger partial charge in [0.2, 0.25) is 5.95 Å². The third-order valence-corrected chi connectivity index (χ3v) is 7.56. The van der Waals surface area contributed by atoms with Crippen molar-refractivity contribution >= 4 is 23.2 Å². The van der Waals surface area contributed by atoms with Gasteiger partial charge in [-0.1, -0.05) is 23.7 Å². The maximum Gasteiger partial charge on any atom is 0.251 e. The number of aryl methyl sites for hydroxylation is 1. The van der Waals surface area contributed by atoms with E-state index in [1.54, 1.807) is 31.4 Å². The monoisotopic (exact) mass is 513 g/mol. The van der Waals surface area contributed by atoms with Crippen molar-refractivity contribution in [2.45, 2.75) is 30.4 Å². The highest BCUT2D eigenvalue weighted by molar-refractivity contribution is 6.32. The summed E-state index contributed by atoms with van der Waals surface area (Å²) in [5.74, 6) is -1.66. The Morgan fingerprint density at radius 2 is 2.11 bits per heavy atom. The quantitative estimate of drug-likeness (QED) is 0.424. The molecule has 2 bridgehead atoms. The molecule has 1 aliphatic carbocycles. The van der Waals surface area contributed by atoms with Gasteiger partial charge in [0.1, 0.15) is 22.3 Å². The maximum absolute atomic E-state index is 15.1. The van der Waals surface area contributed by atoms with Crippen molar-refractivity contribution in [3.63, 3.8) is 0 Å². The first-order valence-corrected chi connectivity index (χ1v) is 11.8. The molecule has 6 rings (SSSR count). The Labute approximate surface area is 209 Å². The molecular formula is C25H22ClF2N5O3. The number of aromatic nitrogens is 4. The number of nitrogens with zero attached hydrogens (tertiary/aromatic N) is 4. The van der Waals surface area contributed by atoms with Gasteiger partial charge in [-0.05, 0) is 31.0 Å². The third kappa shape index (κ3) is 3.51. The average molecular weight is 514 g/mol. The molecular weight excluding hydrogens is 492 g/mol. The van der Waals surface area contributed by atoms with E-state index in [0.717, 1.165) is 6.42 Å². The Kier molecular flexibility index (Phi) is 5.19. The van der Waals surface area contributed by atoms with Gasteiger partial charge in [-0.25, -0.2) is 9.37 Å². The molecule has 0 spiro atoms. The number of fused-ring (bicyclic) bond motifs is 3. The third-order valence-electron chi connectivity index (χ3n) is 7.20. The molecule has 1 saturated heterocycles. The summed E-state index contributed by atoms with van der Waals surface area (Å²) in [4.78, 5) is 17.6. The molecule has 2 aliphatic rings. The van der Waals surface area contributed by atoms with E-state index in [9.17, 15) is 14.3 Å². The summed E-state index contributed by atoms with van der Waals surface area (Å²) in [5.41, 5.74) is 0.139. The number of carbonyl (C=O) groups excluding carboxylic acids is 1. The van der Waals surface area contributed by atoms with Crippen LogP contribution in [-0.2, 0) is 11.8 Å². The summed E-state index contributed by atoms with van der Waals surface area (Å²) in [7, 11) is 1.57. The lowest BCUT2D eigenvalue weighted by molar-refractivity contribution is -0.0558. The van der Waals surface area contributed by atoms with Crippen LogP contribution in [0.25, 0.3) is 28.0 Å². The van der Waals surface area contributed by atoms with Gasteiger partial charge in [0.05, 0.1) is 29.9 Å². The van der Waals surface area contributed by atoms with Crippen LogP contribution in [-0.4, -0.2) is 54.5 Å². The van der Waals surface area contributed by atoms with Crippen LogP contribution in [0.15, 0.2) is 42.7 Å². The standard InChI is InChI=1S/C25H22ClF2N5O3/c1-32-10-16(22(28)31-32)15-3-2-4-17(27)19(15)20-21(26)33-8-5-14(9-18(33)29-20)23(35)30-24-6-7-25(11-24,12-34)36-13-24/h2-5,8-10,34H,6-7,11-13H2,1H3,(H,30,35)/t24-,25-/m0/s1.